The zero-order chi connectivity index (χ0) is 15.1. The Morgan fingerprint density at radius 2 is 2.14 bits per heavy atom. The molecule has 0 atom stereocenters. The van der Waals surface area contributed by atoms with E-state index in [4.69, 9.17) is 5.26 Å². The Morgan fingerprint density at radius 1 is 1.23 bits per heavy atom. The van der Waals surface area contributed by atoms with Crippen molar-refractivity contribution in [1.82, 2.24) is 19.5 Å². The Hall–Kier alpha value is -2.98. The van der Waals surface area contributed by atoms with Gasteiger partial charge in [0.15, 0.2) is 5.13 Å². The van der Waals surface area contributed by atoms with Crippen LogP contribution in [0, 0.1) is 11.3 Å². The molecule has 0 amide bonds. The number of anilines is 2. The maximum atomic E-state index is 8.84. The minimum Gasteiger partial charge on any atom is -0.328 e. The van der Waals surface area contributed by atoms with E-state index in [-0.39, 0.29) is 0 Å². The average molecular weight is 306 g/mol. The molecule has 0 spiro atoms. The molecule has 4 rings (SSSR count). The van der Waals surface area contributed by atoms with Crippen molar-refractivity contribution in [2.24, 2.45) is 7.05 Å². The predicted octanol–water partition coefficient (Wildman–Crippen LogP) is 3.19. The second-order valence-electron chi connectivity index (χ2n) is 4.79. The van der Waals surface area contributed by atoms with Gasteiger partial charge in [0.2, 0.25) is 0 Å². The number of pyridine rings is 2. The van der Waals surface area contributed by atoms with Gasteiger partial charge in [-0.15, -0.1) is 0 Å². The van der Waals surface area contributed by atoms with Gasteiger partial charge in [-0.3, -0.25) is 4.98 Å². The molecule has 0 aliphatic heterocycles. The molecule has 4 heterocycles. The summed E-state index contributed by atoms with van der Waals surface area (Å²) in [5, 5.41) is 14.8. The second-order valence-corrected chi connectivity index (χ2v) is 5.82. The van der Waals surface area contributed by atoms with Gasteiger partial charge in [0, 0.05) is 30.2 Å². The summed E-state index contributed by atoms with van der Waals surface area (Å²) < 4.78 is 2.04. The van der Waals surface area contributed by atoms with E-state index in [0.717, 1.165) is 21.9 Å². The van der Waals surface area contributed by atoms with Crippen LogP contribution in [-0.4, -0.2) is 19.5 Å². The molecule has 0 radical (unpaired) electrons. The van der Waals surface area contributed by atoms with Crippen LogP contribution < -0.4 is 5.32 Å². The van der Waals surface area contributed by atoms with Crippen LogP contribution in [0.1, 0.15) is 4.88 Å². The van der Waals surface area contributed by atoms with Crippen molar-refractivity contribution in [1.29, 1.82) is 5.26 Å². The fraction of sp³-hybridized carbons (Fsp3) is 0.0667. The summed E-state index contributed by atoms with van der Waals surface area (Å²) in [6.07, 6.45) is 5.18. The molecule has 0 aromatic carbocycles. The Kier molecular flexibility index (Phi) is 2.77. The van der Waals surface area contributed by atoms with Crippen molar-refractivity contribution < 1.29 is 0 Å². The molecule has 4 aromatic rings. The van der Waals surface area contributed by atoms with Gasteiger partial charge in [0.25, 0.3) is 0 Å². The number of hydrogen-bond acceptors (Lipinski definition) is 6. The summed E-state index contributed by atoms with van der Waals surface area (Å²) in [6, 6.07) is 7.98. The van der Waals surface area contributed by atoms with E-state index in [1.807, 2.05) is 36.0 Å². The van der Waals surface area contributed by atoms with Crippen LogP contribution in [0.2, 0.25) is 0 Å². The Bertz CT molecular complexity index is 1040. The van der Waals surface area contributed by atoms with Gasteiger partial charge < -0.3 is 9.88 Å². The highest BCUT2D eigenvalue weighted by atomic mass is 32.1. The number of hydrogen-bond donors (Lipinski definition) is 1. The first-order valence-corrected chi connectivity index (χ1v) is 7.40. The third-order valence-corrected chi connectivity index (χ3v) is 4.31. The van der Waals surface area contributed by atoms with E-state index in [2.05, 4.69) is 26.3 Å². The van der Waals surface area contributed by atoms with Gasteiger partial charge in [-0.05, 0) is 18.2 Å². The Labute approximate surface area is 129 Å². The number of nitriles is 1. The molecule has 1 N–H and O–H groups in total. The van der Waals surface area contributed by atoms with Gasteiger partial charge >= 0.3 is 0 Å². The lowest BCUT2D eigenvalue weighted by Crippen LogP contribution is -1.95. The van der Waals surface area contributed by atoms with Crippen LogP contribution in [0.15, 0.2) is 36.8 Å². The summed E-state index contributed by atoms with van der Waals surface area (Å²) in [5.74, 6) is 0.699. The maximum Gasteiger partial charge on any atom is 0.189 e. The molecular formula is C15H10N6S. The van der Waals surface area contributed by atoms with Gasteiger partial charge in [0.1, 0.15) is 22.4 Å². The first-order chi connectivity index (χ1) is 10.8. The minimum atomic E-state index is 0.569. The average Bonchev–Trinajstić information content (AvgIpc) is 3.12. The topological polar surface area (TPSA) is 79.4 Å². The van der Waals surface area contributed by atoms with Crippen LogP contribution in [0.4, 0.5) is 10.9 Å². The summed E-state index contributed by atoms with van der Waals surface area (Å²) in [4.78, 5) is 13.6. The van der Waals surface area contributed by atoms with Crippen LogP contribution in [0.25, 0.3) is 21.9 Å². The lowest BCUT2D eigenvalue weighted by molar-refractivity contribution is 0.989. The predicted molar refractivity (Wildman–Crippen MR) is 86.1 cm³/mol. The number of aryl methyl sites for hydroxylation is 1. The SMILES string of the molecule is Cn1c2ccncc2c2ccc(Nc3ncc(C#N)s3)nc21. The highest BCUT2D eigenvalue weighted by Gasteiger charge is 2.10. The van der Waals surface area contributed by atoms with Gasteiger partial charge in [-0.2, -0.15) is 5.26 Å². The molecule has 0 saturated carbocycles. The van der Waals surface area contributed by atoms with E-state index in [9.17, 15) is 0 Å². The van der Waals surface area contributed by atoms with Gasteiger partial charge in [0.05, 0.1) is 11.7 Å². The van der Waals surface area contributed by atoms with Crippen molar-refractivity contribution in [3.63, 3.8) is 0 Å². The van der Waals surface area contributed by atoms with Crippen LogP contribution in [0.5, 0.6) is 0 Å². The summed E-state index contributed by atoms with van der Waals surface area (Å²) in [7, 11) is 1.98. The molecule has 6 nitrogen and oxygen atoms in total. The van der Waals surface area contributed by atoms with Crippen molar-refractivity contribution in [2.75, 3.05) is 5.32 Å². The fourth-order valence-electron chi connectivity index (χ4n) is 2.48. The number of rotatable bonds is 2. The summed E-state index contributed by atoms with van der Waals surface area (Å²) in [5.41, 5.74) is 1.97. The largest absolute Gasteiger partial charge is 0.328 e. The van der Waals surface area contributed by atoms with Gasteiger partial charge in [-0.1, -0.05) is 11.3 Å². The standard InChI is InChI=1S/C15H10N6S/c1-21-12-4-5-17-8-11(12)10-2-3-13(19-14(10)21)20-15-18-7-9(6-16)22-15/h2-5,7-8H,1H3,(H,18,19,20). The quantitative estimate of drug-likeness (QED) is 0.615. The van der Waals surface area contributed by atoms with Crippen molar-refractivity contribution in [3.05, 3.63) is 41.7 Å². The fourth-order valence-corrected chi connectivity index (χ4v) is 3.10. The molecule has 22 heavy (non-hydrogen) atoms. The number of aromatic nitrogens is 4. The maximum absolute atomic E-state index is 8.84. The monoisotopic (exact) mass is 306 g/mol. The van der Waals surface area contributed by atoms with E-state index in [1.54, 1.807) is 12.4 Å². The lowest BCUT2D eigenvalue weighted by atomic mass is 10.2. The highest BCUT2D eigenvalue weighted by molar-refractivity contribution is 7.16. The minimum absolute atomic E-state index is 0.569. The zero-order valence-corrected chi connectivity index (χ0v) is 12.4. The molecule has 0 unspecified atom stereocenters. The van der Waals surface area contributed by atoms with Crippen molar-refractivity contribution in [2.45, 2.75) is 0 Å². The Balaban J connectivity index is 1.82. The van der Waals surface area contributed by atoms with E-state index in [0.29, 0.717) is 15.8 Å². The molecular weight excluding hydrogens is 296 g/mol. The third-order valence-electron chi connectivity index (χ3n) is 3.49. The zero-order valence-electron chi connectivity index (χ0n) is 11.6. The normalized spacial score (nSPS) is 10.9. The molecule has 0 aliphatic carbocycles. The number of nitrogens with one attached hydrogen (secondary N) is 1. The number of nitrogens with zero attached hydrogens (tertiary/aromatic N) is 5. The van der Waals surface area contributed by atoms with Crippen molar-refractivity contribution in [3.8, 4) is 6.07 Å². The number of fused-ring (bicyclic) bond motifs is 3. The summed E-state index contributed by atoms with van der Waals surface area (Å²) in [6.45, 7) is 0. The first kappa shape index (κ1) is 12.7. The number of thiazole rings is 1. The highest BCUT2D eigenvalue weighted by Crippen LogP contribution is 2.28. The molecule has 0 aliphatic rings. The molecule has 7 heteroatoms. The van der Waals surface area contributed by atoms with E-state index < -0.39 is 0 Å². The van der Waals surface area contributed by atoms with Crippen molar-refractivity contribution >= 4 is 44.2 Å². The van der Waals surface area contributed by atoms with E-state index in [1.165, 1.54) is 11.3 Å². The van der Waals surface area contributed by atoms with Gasteiger partial charge in [-0.25, -0.2) is 9.97 Å². The first-order valence-electron chi connectivity index (χ1n) is 6.58. The van der Waals surface area contributed by atoms with Crippen LogP contribution in [0.3, 0.4) is 0 Å². The van der Waals surface area contributed by atoms with Crippen LogP contribution >= 0.6 is 11.3 Å². The van der Waals surface area contributed by atoms with Crippen LogP contribution in [-0.2, 0) is 7.05 Å². The smallest absolute Gasteiger partial charge is 0.189 e. The lowest BCUT2D eigenvalue weighted by Gasteiger charge is -2.02. The second kappa shape index (κ2) is 4.79. The molecule has 106 valence electrons. The van der Waals surface area contributed by atoms with E-state index >= 15 is 0 Å². The third kappa shape index (κ3) is 1.89. The molecule has 0 bridgehead atoms. The Morgan fingerprint density at radius 3 is 2.95 bits per heavy atom. The molecule has 0 fully saturated rings. The summed E-state index contributed by atoms with van der Waals surface area (Å²) >= 11 is 1.30. The molecule has 4 aromatic heterocycles. The molecule has 0 saturated heterocycles.